The average Bonchev–Trinajstić information content (AvgIpc) is 2.89. The van der Waals surface area contributed by atoms with Crippen molar-refractivity contribution in [2.24, 2.45) is 0 Å². The minimum Gasteiger partial charge on any atom is -0.331 e. The van der Waals surface area contributed by atoms with Crippen molar-refractivity contribution >= 4 is 17.6 Å². The van der Waals surface area contributed by atoms with Gasteiger partial charge in [-0.2, -0.15) is 18.3 Å². The molecule has 0 aliphatic heterocycles. The van der Waals surface area contributed by atoms with Crippen LogP contribution in [0, 0.1) is 0 Å². The van der Waals surface area contributed by atoms with E-state index in [4.69, 9.17) is 16.8 Å². The molecule has 0 bridgehead atoms. The average molecular weight is 335 g/mol. The van der Waals surface area contributed by atoms with E-state index >= 15 is 0 Å². The van der Waals surface area contributed by atoms with Crippen molar-refractivity contribution in [3.63, 3.8) is 0 Å². The van der Waals surface area contributed by atoms with Crippen LogP contribution in [0.4, 0.5) is 18.0 Å². The maximum absolute atomic E-state index is 12.8. The summed E-state index contributed by atoms with van der Waals surface area (Å²) in [5.74, 6) is 0. The van der Waals surface area contributed by atoms with Crippen LogP contribution in [-0.2, 0) is 12.7 Å². The van der Waals surface area contributed by atoms with Crippen LogP contribution >= 0.6 is 11.6 Å². The van der Waals surface area contributed by atoms with Gasteiger partial charge in [0.15, 0.2) is 5.69 Å². The quantitative estimate of drug-likeness (QED) is 0.596. The first-order chi connectivity index (χ1) is 10.3. The zero-order chi connectivity index (χ0) is 16.3. The highest BCUT2D eigenvalue weighted by molar-refractivity contribution is 6.30. The maximum atomic E-state index is 12.8. The second-order valence-corrected chi connectivity index (χ2v) is 4.64. The number of halogens is 4. The molecule has 118 valence electrons. The van der Waals surface area contributed by atoms with E-state index in [1.807, 2.05) is 0 Å². The van der Waals surface area contributed by atoms with E-state index in [2.05, 4.69) is 10.4 Å². The molecule has 0 aliphatic rings. The summed E-state index contributed by atoms with van der Waals surface area (Å²) >= 11 is 5.82. The number of amides is 2. The zero-order valence-electron chi connectivity index (χ0n) is 10.9. The number of carbonyl (C=O) groups excluding carboxylic acids is 1. The number of urea groups is 1. The highest BCUT2D eigenvalue weighted by Crippen LogP contribution is 2.29. The Morgan fingerprint density at radius 2 is 2.09 bits per heavy atom. The Hall–Kier alpha value is -2.26. The third-order valence-corrected chi connectivity index (χ3v) is 2.89. The van der Waals surface area contributed by atoms with E-state index in [1.165, 1.54) is 17.6 Å². The molecule has 0 fully saturated rings. The molecular weight excluding hydrogens is 325 g/mol. The van der Waals surface area contributed by atoms with E-state index in [1.54, 1.807) is 12.1 Å². The van der Waals surface area contributed by atoms with Crippen LogP contribution in [0.2, 0.25) is 5.02 Å². The van der Waals surface area contributed by atoms with Gasteiger partial charge in [-0.25, -0.2) is 15.0 Å². The molecule has 2 aromatic rings. The molecule has 10 heteroatoms. The van der Waals surface area contributed by atoms with Gasteiger partial charge < -0.3 is 5.32 Å². The predicted molar refractivity (Wildman–Crippen MR) is 70.7 cm³/mol. The van der Waals surface area contributed by atoms with Crippen LogP contribution < -0.4 is 10.8 Å². The molecule has 1 aromatic carbocycles. The molecule has 0 radical (unpaired) electrons. The zero-order valence-corrected chi connectivity index (χ0v) is 11.6. The molecule has 0 saturated carbocycles. The Labute approximate surface area is 127 Å². The Balaban J connectivity index is 2.41. The number of rotatable bonds is 3. The fourth-order valence-electron chi connectivity index (χ4n) is 1.73. The third-order valence-electron chi connectivity index (χ3n) is 2.66. The predicted octanol–water partition coefficient (Wildman–Crippen LogP) is 2.73. The first-order valence-electron chi connectivity index (χ1n) is 5.91. The maximum Gasteiger partial charge on any atom is 0.435 e. The Morgan fingerprint density at radius 3 is 2.68 bits per heavy atom. The summed E-state index contributed by atoms with van der Waals surface area (Å²) in [5.41, 5.74) is 0.592. The smallest absolute Gasteiger partial charge is 0.331 e. The van der Waals surface area contributed by atoms with Gasteiger partial charge in [-0.3, -0.25) is 5.21 Å². The topological polar surface area (TPSA) is 79.2 Å². The first-order valence-corrected chi connectivity index (χ1v) is 6.29. The van der Waals surface area contributed by atoms with Crippen molar-refractivity contribution in [3.8, 4) is 5.69 Å². The van der Waals surface area contributed by atoms with Crippen LogP contribution in [0.5, 0.6) is 0 Å². The molecule has 6 nitrogen and oxygen atoms in total. The highest BCUT2D eigenvalue weighted by atomic mass is 35.5. The standard InChI is InChI=1S/C12H10ClF3N4O2/c13-7-2-1-3-8(4-7)20-9(6-17-11(21)19-22)5-10(18-20)12(14,15)16/h1-5,22H,6H2,(H2,17,19,21). The van der Waals surface area contributed by atoms with Crippen molar-refractivity contribution in [2.45, 2.75) is 12.7 Å². The van der Waals surface area contributed by atoms with Gasteiger partial charge in [-0.15, -0.1) is 0 Å². The second-order valence-electron chi connectivity index (χ2n) is 4.20. The molecule has 0 atom stereocenters. The number of benzene rings is 1. The lowest BCUT2D eigenvalue weighted by molar-refractivity contribution is -0.141. The molecule has 1 aromatic heterocycles. The molecule has 2 rings (SSSR count). The van der Waals surface area contributed by atoms with Crippen molar-refractivity contribution in [1.29, 1.82) is 0 Å². The number of carbonyl (C=O) groups is 1. The van der Waals surface area contributed by atoms with Crippen molar-refractivity contribution in [2.75, 3.05) is 0 Å². The molecule has 3 N–H and O–H groups in total. The Bertz CT molecular complexity index is 687. The van der Waals surface area contributed by atoms with E-state index in [-0.39, 0.29) is 12.2 Å². The lowest BCUT2D eigenvalue weighted by Gasteiger charge is -2.08. The minimum absolute atomic E-state index is 0.0678. The normalized spacial score (nSPS) is 11.3. The van der Waals surface area contributed by atoms with Crippen molar-refractivity contribution in [1.82, 2.24) is 20.6 Å². The van der Waals surface area contributed by atoms with E-state index in [9.17, 15) is 18.0 Å². The van der Waals surface area contributed by atoms with Gasteiger partial charge in [0.25, 0.3) is 0 Å². The second kappa shape index (κ2) is 6.24. The van der Waals surface area contributed by atoms with Crippen LogP contribution in [0.3, 0.4) is 0 Å². The number of hydrogen-bond acceptors (Lipinski definition) is 3. The number of hydroxylamine groups is 1. The fraction of sp³-hybridized carbons (Fsp3) is 0.167. The van der Waals surface area contributed by atoms with Crippen LogP contribution in [0.25, 0.3) is 5.69 Å². The summed E-state index contributed by atoms with van der Waals surface area (Å²) < 4.78 is 39.4. The SMILES string of the molecule is O=C(NO)NCc1cc(C(F)(F)F)nn1-c1cccc(Cl)c1. The monoisotopic (exact) mass is 334 g/mol. The van der Waals surface area contributed by atoms with Gasteiger partial charge in [0.2, 0.25) is 0 Å². The summed E-state index contributed by atoms with van der Waals surface area (Å²) in [6.45, 7) is -0.276. The number of alkyl halides is 3. The summed E-state index contributed by atoms with van der Waals surface area (Å²) in [6, 6.07) is 5.94. The van der Waals surface area contributed by atoms with E-state index < -0.39 is 17.9 Å². The fourth-order valence-corrected chi connectivity index (χ4v) is 1.91. The van der Waals surface area contributed by atoms with Crippen LogP contribution in [0.1, 0.15) is 11.4 Å². The Kier molecular flexibility index (Phi) is 4.57. The van der Waals surface area contributed by atoms with Crippen molar-refractivity contribution in [3.05, 3.63) is 46.7 Å². The number of nitrogens with zero attached hydrogens (tertiary/aromatic N) is 2. The summed E-state index contributed by atoms with van der Waals surface area (Å²) in [4.78, 5) is 10.9. The molecular formula is C12H10ClF3N4O2. The highest BCUT2D eigenvalue weighted by Gasteiger charge is 2.35. The molecule has 0 unspecified atom stereocenters. The molecule has 1 heterocycles. The summed E-state index contributed by atoms with van der Waals surface area (Å²) in [5, 5.41) is 14.4. The lowest BCUT2D eigenvalue weighted by atomic mass is 10.3. The van der Waals surface area contributed by atoms with E-state index in [0.29, 0.717) is 10.7 Å². The molecule has 22 heavy (non-hydrogen) atoms. The van der Waals surface area contributed by atoms with Crippen molar-refractivity contribution < 1.29 is 23.2 Å². The van der Waals surface area contributed by atoms with Crippen LogP contribution in [0.15, 0.2) is 30.3 Å². The first kappa shape index (κ1) is 16.1. The number of nitrogens with one attached hydrogen (secondary N) is 2. The molecule has 0 spiro atoms. The van der Waals surface area contributed by atoms with Gasteiger partial charge in [0.05, 0.1) is 17.9 Å². The number of aromatic nitrogens is 2. The van der Waals surface area contributed by atoms with Gasteiger partial charge in [0.1, 0.15) is 0 Å². The molecule has 2 amide bonds. The Morgan fingerprint density at radius 1 is 1.36 bits per heavy atom. The number of hydrogen-bond donors (Lipinski definition) is 3. The van der Waals surface area contributed by atoms with E-state index in [0.717, 1.165) is 10.7 Å². The van der Waals surface area contributed by atoms with Gasteiger partial charge in [-0.1, -0.05) is 17.7 Å². The minimum atomic E-state index is -4.63. The third kappa shape index (κ3) is 3.68. The summed E-state index contributed by atoms with van der Waals surface area (Å²) in [6.07, 6.45) is -4.63. The van der Waals surface area contributed by atoms with Gasteiger partial charge in [-0.05, 0) is 24.3 Å². The van der Waals surface area contributed by atoms with Gasteiger partial charge >= 0.3 is 12.2 Å². The van der Waals surface area contributed by atoms with Gasteiger partial charge in [0, 0.05) is 5.02 Å². The lowest BCUT2D eigenvalue weighted by Crippen LogP contribution is -2.33. The molecule has 0 aliphatic carbocycles. The largest absolute Gasteiger partial charge is 0.435 e. The summed E-state index contributed by atoms with van der Waals surface area (Å²) in [7, 11) is 0. The van der Waals surface area contributed by atoms with Crippen LogP contribution in [-0.4, -0.2) is 21.0 Å². The molecule has 0 saturated heterocycles.